The van der Waals surface area contributed by atoms with Gasteiger partial charge in [-0.15, -0.1) is 24.8 Å². The molecule has 0 bridgehead atoms. The summed E-state index contributed by atoms with van der Waals surface area (Å²) in [5.74, 6) is 0. The zero-order valence-electron chi connectivity index (χ0n) is 19.3. The minimum atomic E-state index is -5.02. The minimum Gasteiger partial charge on any atom is -0.744 e. The third-order valence-corrected chi connectivity index (χ3v) is 6.32. The minimum absolute atomic E-state index is 0. The molecule has 1 aromatic heterocycles. The second-order valence-corrected chi connectivity index (χ2v) is 9.81. The van der Waals surface area contributed by atoms with E-state index in [4.69, 9.17) is 12.6 Å². The number of hydrogen-bond donors (Lipinski definition) is 2. The molecule has 19 heteroatoms. The molecule has 176 valence electrons. The first-order valence-corrected chi connectivity index (χ1v) is 12.7. The van der Waals surface area contributed by atoms with Crippen molar-refractivity contribution < 1.29 is 127 Å². The Labute approximate surface area is 278 Å². The van der Waals surface area contributed by atoms with Crippen LogP contribution in [0.4, 0.5) is 22.7 Å². The van der Waals surface area contributed by atoms with Gasteiger partial charge in [-0.05, 0) is 35.3 Å². The monoisotopic (exact) mass is 590 g/mol. The summed E-state index contributed by atoms with van der Waals surface area (Å²) in [7, 11) is -12.9. The van der Waals surface area contributed by atoms with E-state index < -0.39 is 40.6 Å². The van der Waals surface area contributed by atoms with E-state index in [1.54, 1.807) is 18.2 Å². The van der Waals surface area contributed by atoms with Gasteiger partial charge in [0.15, 0.2) is 0 Å². The molecule has 0 amide bonds. The number of rotatable bonds is 2. The van der Waals surface area contributed by atoms with Crippen molar-refractivity contribution in [2.75, 3.05) is 10.6 Å². The Balaban J connectivity index is 0.000000915. The molecule has 2 N–H and O–H groups in total. The molecule has 0 atom stereocenters. The van der Waals surface area contributed by atoms with Crippen molar-refractivity contribution in [2.45, 2.75) is 9.79 Å². The normalized spacial score (nSPS) is 11.5. The van der Waals surface area contributed by atoms with Crippen molar-refractivity contribution in [3.05, 3.63) is 48.5 Å². The molecule has 0 unspecified atom stereocenters. The van der Waals surface area contributed by atoms with E-state index in [1.807, 2.05) is 0 Å². The van der Waals surface area contributed by atoms with Gasteiger partial charge < -0.3 is 24.7 Å². The Bertz CT molecular complexity index is 1830. The van der Waals surface area contributed by atoms with Crippen LogP contribution in [0, 0.1) is 6.07 Å². The van der Waals surface area contributed by atoms with Crippen LogP contribution in [0.1, 0.15) is 0 Å². The van der Waals surface area contributed by atoms with Crippen molar-refractivity contribution in [1.82, 2.24) is 9.97 Å². The first-order chi connectivity index (χ1) is 15.8. The van der Waals surface area contributed by atoms with Gasteiger partial charge in [0.2, 0.25) is 0 Å². The zero-order chi connectivity index (χ0) is 24.8. The van der Waals surface area contributed by atoms with Gasteiger partial charge in [-0.2, -0.15) is 12.1 Å². The van der Waals surface area contributed by atoms with Crippen molar-refractivity contribution in [1.29, 1.82) is 0 Å². The van der Waals surface area contributed by atoms with E-state index >= 15 is 0 Å². The molecule has 0 saturated heterocycles. The van der Waals surface area contributed by atoms with Crippen LogP contribution in [-0.2, 0) is 30.8 Å². The molecule has 3 aromatic carbocycles. The predicted octanol–water partition coefficient (Wildman–Crippen LogP) is -7.80. The van der Waals surface area contributed by atoms with Gasteiger partial charge in [-0.1, -0.05) is 0 Å². The predicted molar refractivity (Wildman–Crippen MR) is 115 cm³/mol. The zero-order valence-corrected chi connectivity index (χ0v) is 27.8. The molecule has 4 aromatic rings. The number of anilines is 4. The van der Waals surface area contributed by atoms with E-state index in [1.165, 1.54) is 12.1 Å². The molecule has 1 aliphatic heterocycles. The van der Waals surface area contributed by atoms with Crippen LogP contribution < -0.4 is 99.3 Å². The van der Waals surface area contributed by atoms with Crippen molar-refractivity contribution in [2.24, 2.45) is 0 Å². The Morgan fingerprint density at radius 2 is 1.41 bits per heavy atom. The topological polar surface area (TPSA) is 215 Å². The average molecular weight is 590 g/mol. The van der Waals surface area contributed by atoms with Crippen LogP contribution in [0.15, 0.2) is 52.3 Å². The largest absolute Gasteiger partial charge is 1.00 e. The number of nitrogens with zero attached hydrogens (tertiary/aromatic N) is 2. The third kappa shape index (κ3) is 7.70. The van der Waals surface area contributed by atoms with Crippen LogP contribution >= 0.6 is 0 Å². The maximum atomic E-state index is 12.1. The summed E-state index contributed by atoms with van der Waals surface area (Å²) in [4.78, 5) is 7.53. The SMILES string of the molecule is O=S(=O)([O-])c1ccc2c(c1)Nc1c(cc3nc4c[c-]ccc4nc3c1S(=O)(=O)[O-])N2.O=S(=O)=O.[Na+].[Na+].[Na+]. The van der Waals surface area contributed by atoms with Crippen molar-refractivity contribution in [3.8, 4) is 0 Å². The molecule has 0 spiro atoms. The molecule has 5 rings (SSSR count). The summed E-state index contributed by atoms with van der Waals surface area (Å²) >= 11 is 0. The Morgan fingerprint density at radius 1 is 0.757 bits per heavy atom. The number of aromatic nitrogens is 2. The average Bonchev–Trinajstić information content (AvgIpc) is 2.72. The van der Waals surface area contributed by atoms with Gasteiger partial charge in [0, 0.05) is 0 Å². The Kier molecular flexibility index (Phi) is 12.2. The van der Waals surface area contributed by atoms with Gasteiger partial charge in [-0.3, -0.25) is 4.98 Å². The number of nitrogens with one attached hydrogen (secondary N) is 2. The summed E-state index contributed by atoms with van der Waals surface area (Å²) < 4.78 is 95.7. The first kappa shape index (κ1) is 34.3. The summed E-state index contributed by atoms with van der Waals surface area (Å²) in [6.45, 7) is 0. The molecular formula is C18H9N4Na3O9S3. The number of hydrogen-bond acceptors (Lipinski definition) is 13. The van der Waals surface area contributed by atoms with E-state index in [9.17, 15) is 25.9 Å². The van der Waals surface area contributed by atoms with E-state index in [2.05, 4.69) is 26.7 Å². The summed E-state index contributed by atoms with van der Waals surface area (Å²) in [5.41, 5.74) is 1.50. The van der Waals surface area contributed by atoms with Gasteiger partial charge in [0.05, 0.1) is 33.2 Å². The van der Waals surface area contributed by atoms with Crippen LogP contribution in [0.3, 0.4) is 0 Å². The quantitative estimate of drug-likeness (QED) is 0.0847. The Hall–Kier alpha value is -0.700. The molecule has 0 radical (unpaired) electrons. The fourth-order valence-corrected chi connectivity index (χ4v) is 4.61. The van der Waals surface area contributed by atoms with Gasteiger partial charge in [-0.25, -0.2) is 16.8 Å². The fourth-order valence-electron chi connectivity index (χ4n) is 3.31. The molecule has 2 heterocycles. The molecule has 13 nitrogen and oxygen atoms in total. The molecule has 1 aliphatic rings. The number of benzene rings is 3. The number of fused-ring (bicyclic) bond motifs is 4. The molecular weight excluding hydrogens is 581 g/mol. The van der Waals surface area contributed by atoms with E-state index in [-0.39, 0.29) is 117 Å². The first-order valence-electron chi connectivity index (χ1n) is 8.86. The second kappa shape index (κ2) is 13.1. The summed E-state index contributed by atoms with van der Waals surface area (Å²) in [5, 5.41) is 5.68. The van der Waals surface area contributed by atoms with E-state index in [0.29, 0.717) is 16.7 Å². The maximum Gasteiger partial charge on any atom is 1.00 e. The van der Waals surface area contributed by atoms with Crippen molar-refractivity contribution >= 4 is 75.7 Å². The third-order valence-electron chi connectivity index (χ3n) is 4.59. The molecule has 0 fully saturated rings. The molecule has 37 heavy (non-hydrogen) atoms. The van der Waals surface area contributed by atoms with Crippen LogP contribution in [0.25, 0.3) is 22.1 Å². The smallest absolute Gasteiger partial charge is 0.744 e. The second-order valence-electron chi connectivity index (χ2n) is 6.70. The fraction of sp³-hybridized carbons (Fsp3) is 0. The van der Waals surface area contributed by atoms with Crippen LogP contribution in [0.2, 0.25) is 0 Å². The standard InChI is InChI=1S/C18H11N4O6S2.3Na.O3S/c23-29(24,25)9-5-6-12-13(7-9)22-17-15(20-12)8-14-16(18(17)30(26,27)28)21-11-4-2-1-3-10(11)19-14;;;;1-4(2)3/h2-8,20,22H,(H,23,24,25)(H,26,27,28);;;;/q-1;3*+1;/p-2. The van der Waals surface area contributed by atoms with Gasteiger partial charge in [0.1, 0.15) is 30.6 Å². The van der Waals surface area contributed by atoms with Crippen LogP contribution in [0.5, 0.6) is 0 Å². The summed E-state index contributed by atoms with van der Waals surface area (Å²) in [6, 6.07) is 12.6. The molecule has 0 aliphatic carbocycles. The Morgan fingerprint density at radius 3 is 2.00 bits per heavy atom. The molecule has 0 saturated carbocycles. The van der Waals surface area contributed by atoms with Gasteiger partial charge in [0.25, 0.3) is 0 Å². The van der Waals surface area contributed by atoms with Crippen molar-refractivity contribution in [3.63, 3.8) is 0 Å². The maximum absolute atomic E-state index is 12.1. The summed E-state index contributed by atoms with van der Waals surface area (Å²) in [6.07, 6.45) is 0. The van der Waals surface area contributed by atoms with Gasteiger partial charge >= 0.3 is 99.3 Å². The van der Waals surface area contributed by atoms with Crippen LogP contribution in [-0.4, -0.2) is 48.5 Å². The van der Waals surface area contributed by atoms with E-state index in [0.717, 1.165) is 12.1 Å².